The summed E-state index contributed by atoms with van der Waals surface area (Å²) < 4.78 is 44.2. The van der Waals surface area contributed by atoms with Crippen molar-refractivity contribution in [3.05, 3.63) is 29.3 Å². The zero-order chi connectivity index (χ0) is 14.8. The molecule has 0 bridgehead atoms. The van der Waals surface area contributed by atoms with Gasteiger partial charge in [-0.25, -0.2) is 0 Å². The normalized spacial score (nSPS) is 15.4. The standard InChI is InChI=1S/C14H19F3O2/c1-5-13(18,14(15,16)17)10-6-7-12(19-4)11(8-10)9(2)3/h6-9,18H,5H2,1-4H3. The summed E-state index contributed by atoms with van der Waals surface area (Å²) in [6.45, 7) is 5.03. The third-order valence-corrected chi connectivity index (χ3v) is 3.31. The first-order chi connectivity index (χ1) is 8.67. The van der Waals surface area contributed by atoms with Crippen molar-refractivity contribution in [2.75, 3.05) is 7.11 Å². The van der Waals surface area contributed by atoms with Crippen molar-refractivity contribution in [2.45, 2.75) is 44.9 Å². The lowest BCUT2D eigenvalue weighted by atomic mass is 9.87. The average Bonchev–Trinajstić information content (AvgIpc) is 2.35. The van der Waals surface area contributed by atoms with Crippen molar-refractivity contribution < 1.29 is 23.0 Å². The molecular formula is C14H19F3O2. The number of aliphatic hydroxyl groups is 1. The van der Waals surface area contributed by atoms with Crippen LogP contribution in [0.2, 0.25) is 0 Å². The smallest absolute Gasteiger partial charge is 0.421 e. The van der Waals surface area contributed by atoms with E-state index in [1.807, 2.05) is 13.8 Å². The Hall–Kier alpha value is -1.23. The van der Waals surface area contributed by atoms with Gasteiger partial charge in [-0.1, -0.05) is 26.8 Å². The van der Waals surface area contributed by atoms with E-state index < -0.39 is 18.2 Å². The van der Waals surface area contributed by atoms with E-state index in [-0.39, 0.29) is 11.5 Å². The second-order valence-corrected chi connectivity index (χ2v) is 4.82. The van der Waals surface area contributed by atoms with E-state index in [2.05, 4.69) is 0 Å². The molecule has 0 radical (unpaired) electrons. The van der Waals surface area contributed by atoms with Gasteiger partial charge in [0.2, 0.25) is 0 Å². The van der Waals surface area contributed by atoms with Crippen LogP contribution < -0.4 is 4.74 Å². The van der Waals surface area contributed by atoms with E-state index in [0.717, 1.165) is 0 Å². The summed E-state index contributed by atoms with van der Waals surface area (Å²) in [5.41, 5.74) is -2.31. The summed E-state index contributed by atoms with van der Waals surface area (Å²) in [4.78, 5) is 0. The van der Waals surface area contributed by atoms with Gasteiger partial charge in [0.05, 0.1) is 7.11 Å². The molecule has 0 spiro atoms. The highest BCUT2D eigenvalue weighted by atomic mass is 19.4. The highest BCUT2D eigenvalue weighted by Crippen LogP contribution is 2.43. The second-order valence-electron chi connectivity index (χ2n) is 4.82. The Morgan fingerprint density at radius 2 is 1.84 bits per heavy atom. The first-order valence-corrected chi connectivity index (χ1v) is 6.14. The molecule has 0 amide bonds. The van der Waals surface area contributed by atoms with Gasteiger partial charge in [-0.05, 0) is 35.6 Å². The Morgan fingerprint density at radius 1 is 1.26 bits per heavy atom. The van der Waals surface area contributed by atoms with Gasteiger partial charge in [0.25, 0.3) is 0 Å². The van der Waals surface area contributed by atoms with Gasteiger partial charge in [0.1, 0.15) is 5.75 Å². The van der Waals surface area contributed by atoms with Crippen LogP contribution in [-0.2, 0) is 5.60 Å². The Kier molecular flexibility index (Phi) is 4.50. The number of alkyl halides is 3. The third kappa shape index (κ3) is 2.86. The van der Waals surface area contributed by atoms with Crippen LogP contribution in [0.15, 0.2) is 18.2 Å². The summed E-state index contributed by atoms with van der Waals surface area (Å²) >= 11 is 0. The molecule has 0 aromatic heterocycles. The van der Waals surface area contributed by atoms with Crippen LogP contribution >= 0.6 is 0 Å². The fourth-order valence-electron chi connectivity index (χ4n) is 2.01. The molecule has 0 saturated heterocycles. The molecule has 1 atom stereocenters. The van der Waals surface area contributed by atoms with Gasteiger partial charge in [-0.3, -0.25) is 0 Å². The average molecular weight is 276 g/mol. The Bertz CT molecular complexity index is 441. The molecule has 108 valence electrons. The largest absolute Gasteiger partial charge is 0.496 e. The summed E-state index contributed by atoms with van der Waals surface area (Å²) in [5, 5.41) is 9.93. The van der Waals surface area contributed by atoms with Crippen LogP contribution in [0.5, 0.6) is 5.75 Å². The minimum Gasteiger partial charge on any atom is -0.496 e. The molecule has 5 heteroatoms. The molecule has 0 fully saturated rings. The van der Waals surface area contributed by atoms with Crippen LogP contribution in [0, 0.1) is 0 Å². The molecule has 1 aromatic carbocycles. The van der Waals surface area contributed by atoms with E-state index in [1.54, 1.807) is 0 Å². The van der Waals surface area contributed by atoms with Gasteiger partial charge >= 0.3 is 6.18 Å². The quantitative estimate of drug-likeness (QED) is 0.901. The molecule has 19 heavy (non-hydrogen) atoms. The predicted octanol–water partition coefficient (Wildman–Crippen LogP) is 3.98. The number of rotatable bonds is 4. The van der Waals surface area contributed by atoms with Crippen LogP contribution in [0.25, 0.3) is 0 Å². The molecule has 1 N–H and O–H groups in total. The predicted molar refractivity (Wildman–Crippen MR) is 67.3 cm³/mol. The van der Waals surface area contributed by atoms with Crippen LogP contribution in [0.4, 0.5) is 13.2 Å². The maximum Gasteiger partial charge on any atom is 0.421 e. The van der Waals surface area contributed by atoms with E-state index >= 15 is 0 Å². The highest BCUT2D eigenvalue weighted by Gasteiger charge is 2.53. The molecule has 1 rings (SSSR count). The van der Waals surface area contributed by atoms with Crippen LogP contribution in [-0.4, -0.2) is 18.4 Å². The van der Waals surface area contributed by atoms with Gasteiger partial charge in [-0.15, -0.1) is 0 Å². The summed E-state index contributed by atoms with van der Waals surface area (Å²) in [5.74, 6) is 0.531. The molecule has 0 heterocycles. The molecule has 0 aliphatic carbocycles. The number of hydrogen-bond donors (Lipinski definition) is 1. The number of methoxy groups -OCH3 is 1. The first-order valence-electron chi connectivity index (χ1n) is 6.14. The SMILES string of the molecule is CCC(O)(c1ccc(OC)c(C(C)C)c1)C(F)(F)F. The first kappa shape index (κ1) is 15.8. The molecule has 1 aromatic rings. The number of halogens is 3. The monoisotopic (exact) mass is 276 g/mol. The zero-order valence-electron chi connectivity index (χ0n) is 11.5. The fraction of sp³-hybridized carbons (Fsp3) is 0.571. The summed E-state index contributed by atoms with van der Waals surface area (Å²) in [6.07, 6.45) is -5.13. The van der Waals surface area contributed by atoms with Crippen molar-refractivity contribution >= 4 is 0 Å². The lowest BCUT2D eigenvalue weighted by Gasteiger charge is -2.30. The number of ether oxygens (including phenoxy) is 1. The van der Waals surface area contributed by atoms with E-state index in [1.165, 1.54) is 32.2 Å². The molecular weight excluding hydrogens is 257 g/mol. The van der Waals surface area contributed by atoms with Gasteiger partial charge < -0.3 is 9.84 Å². The third-order valence-electron chi connectivity index (χ3n) is 3.31. The van der Waals surface area contributed by atoms with Crippen molar-refractivity contribution in [1.82, 2.24) is 0 Å². The van der Waals surface area contributed by atoms with E-state index in [9.17, 15) is 18.3 Å². The highest BCUT2D eigenvalue weighted by molar-refractivity contribution is 5.41. The van der Waals surface area contributed by atoms with E-state index in [0.29, 0.717) is 11.3 Å². The Balaban J connectivity index is 3.39. The minimum atomic E-state index is -4.70. The van der Waals surface area contributed by atoms with Crippen molar-refractivity contribution in [2.24, 2.45) is 0 Å². The van der Waals surface area contributed by atoms with Crippen molar-refractivity contribution in [3.8, 4) is 5.75 Å². The van der Waals surface area contributed by atoms with Crippen molar-refractivity contribution in [1.29, 1.82) is 0 Å². The minimum absolute atomic E-state index is 0.00393. The number of hydrogen-bond acceptors (Lipinski definition) is 2. The maximum absolute atomic E-state index is 13.0. The molecule has 0 aliphatic rings. The molecule has 0 aliphatic heterocycles. The lowest BCUT2D eigenvalue weighted by molar-refractivity contribution is -0.267. The molecule has 1 unspecified atom stereocenters. The second kappa shape index (κ2) is 5.41. The summed E-state index contributed by atoms with van der Waals surface area (Å²) in [6, 6.07) is 4.11. The van der Waals surface area contributed by atoms with Gasteiger partial charge in [0, 0.05) is 0 Å². The maximum atomic E-state index is 13.0. The van der Waals surface area contributed by atoms with Gasteiger partial charge in [-0.2, -0.15) is 13.2 Å². The van der Waals surface area contributed by atoms with Crippen LogP contribution in [0.3, 0.4) is 0 Å². The van der Waals surface area contributed by atoms with E-state index in [4.69, 9.17) is 4.74 Å². The lowest BCUT2D eigenvalue weighted by Crippen LogP contribution is -2.41. The fourth-order valence-corrected chi connectivity index (χ4v) is 2.01. The summed E-state index contributed by atoms with van der Waals surface area (Å²) in [7, 11) is 1.47. The number of benzene rings is 1. The zero-order valence-corrected chi connectivity index (χ0v) is 11.5. The topological polar surface area (TPSA) is 29.5 Å². The van der Waals surface area contributed by atoms with Crippen molar-refractivity contribution in [3.63, 3.8) is 0 Å². The van der Waals surface area contributed by atoms with Crippen LogP contribution in [0.1, 0.15) is 44.2 Å². The molecule has 0 saturated carbocycles. The Morgan fingerprint density at radius 3 is 2.21 bits per heavy atom. The molecule has 2 nitrogen and oxygen atoms in total. The van der Waals surface area contributed by atoms with Gasteiger partial charge in [0.15, 0.2) is 5.60 Å². The Labute approximate surface area is 111 Å².